The van der Waals surface area contributed by atoms with Crippen LogP contribution in [0.5, 0.6) is 0 Å². The molecule has 0 spiro atoms. The Morgan fingerprint density at radius 2 is 0.737 bits per heavy atom. The summed E-state index contributed by atoms with van der Waals surface area (Å²) in [5, 5.41) is 7.18. The van der Waals surface area contributed by atoms with Gasteiger partial charge in [-0.1, -0.05) is 140 Å². The zero-order valence-electron chi connectivity index (χ0n) is 30.9. The van der Waals surface area contributed by atoms with Crippen LogP contribution in [0.1, 0.15) is 0 Å². The lowest BCUT2D eigenvalue weighted by atomic mass is 9.96. The Hall–Kier alpha value is -7.62. The van der Waals surface area contributed by atoms with Crippen LogP contribution >= 0.6 is 0 Å². The van der Waals surface area contributed by atoms with Gasteiger partial charge in [-0.05, 0) is 100 Å². The van der Waals surface area contributed by atoms with E-state index in [1.807, 2.05) is 12.1 Å². The minimum atomic E-state index is 0.898. The van der Waals surface area contributed by atoms with Crippen molar-refractivity contribution in [1.82, 2.24) is 9.13 Å². The Labute approximate surface area is 328 Å². The number of fused-ring (bicyclic) bond motifs is 9. The van der Waals surface area contributed by atoms with Gasteiger partial charge in [-0.25, -0.2) is 0 Å². The summed E-state index contributed by atoms with van der Waals surface area (Å²) in [6.45, 7) is 0. The zero-order valence-corrected chi connectivity index (χ0v) is 30.9. The number of aromatic nitrogens is 2. The molecule has 0 amide bonds. The lowest BCUT2D eigenvalue weighted by molar-refractivity contribution is 0.669. The summed E-state index contributed by atoms with van der Waals surface area (Å²) in [6, 6.07) is 74.6. The topological polar surface area (TPSA) is 23.0 Å². The molecule has 0 N–H and O–H groups in total. The molecule has 0 aliphatic carbocycles. The predicted octanol–water partition coefficient (Wildman–Crippen LogP) is 14.8. The maximum Gasteiger partial charge on any atom is 0.135 e. The van der Waals surface area contributed by atoms with Gasteiger partial charge < -0.3 is 13.6 Å². The molecule has 0 saturated heterocycles. The normalized spacial score (nSPS) is 11.9. The van der Waals surface area contributed by atoms with E-state index in [-0.39, 0.29) is 0 Å². The number of hydrogen-bond donors (Lipinski definition) is 0. The number of nitrogens with zero attached hydrogens (tertiary/aromatic N) is 2. The van der Waals surface area contributed by atoms with E-state index in [2.05, 4.69) is 203 Å². The van der Waals surface area contributed by atoms with Crippen LogP contribution in [0, 0.1) is 0 Å². The molecule has 0 aliphatic heterocycles. The summed E-state index contributed by atoms with van der Waals surface area (Å²) in [5.41, 5.74) is 16.0. The summed E-state index contributed by atoms with van der Waals surface area (Å²) >= 11 is 0. The van der Waals surface area contributed by atoms with Gasteiger partial charge in [-0.15, -0.1) is 0 Å². The number of furan rings is 1. The first-order valence-electron chi connectivity index (χ1n) is 19.5. The molecule has 57 heavy (non-hydrogen) atoms. The van der Waals surface area contributed by atoms with Crippen LogP contribution < -0.4 is 0 Å². The summed E-state index contributed by atoms with van der Waals surface area (Å²) in [7, 11) is 0. The van der Waals surface area contributed by atoms with E-state index in [9.17, 15) is 0 Å². The molecule has 266 valence electrons. The molecule has 0 radical (unpaired) electrons. The molecule has 3 heterocycles. The van der Waals surface area contributed by atoms with Gasteiger partial charge in [0.15, 0.2) is 0 Å². The van der Waals surface area contributed by atoms with Gasteiger partial charge in [0.25, 0.3) is 0 Å². The van der Waals surface area contributed by atoms with Crippen molar-refractivity contribution in [2.45, 2.75) is 0 Å². The van der Waals surface area contributed by atoms with Gasteiger partial charge in [-0.2, -0.15) is 0 Å². The van der Waals surface area contributed by atoms with Crippen LogP contribution in [-0.2, 0) is 0 Å². The first-order valence-corrected chi connectivity index (χ1v) is 19.5. The Bertz CT molecular complexity index is 3510. The number of hydrogen-bond acceptors (Lipinski definition) is 1. The minimum absolute atomic E-state index is 0.898. The fraction of sp³-hybridized carbons (Fsp3) is 0. The smallest absolute Gasteiger partial charge is 0.135 e. The average molecular weight is 727 g/mol. The second-order valence-corrected chi connectivity index (χ2v) is 14.9. The fourth-order valence-electron chi connectivity index (χ4n) is 9.02. The number of rotatable bonds is 5. The molecule has 9 aromatic carbocycles. The third-order valence-electron chi connectivity index (χ3n) is 11.7. The van der Waals surface area contributed by atoms with E-state index in [0.29, 0.717) is 0 Å². The van der Waals surface area contributed by atoms with Gasteiger partial charge in [0, 0.05) is 43.7 Å². The monoisotopic (exact) mass is 726 g/mol. The van der Waals surface area contributed by atoms with Crippen LogP contribution in [0.15, 0.2) is 211 Å². The summed E-state index contributed by atoms with van der Waals surface area (Å²) in [5.74, 6) is 0. The van der Waals surface area contributed by atoms with Crippen molar-refractivity contribution in [3.05, 3.63) is 206 Å². The number of benzene rings is 9. The molecule has 0 atom stereocenters. The van der Waals surface area contributed by atoms with Crippen LogP contribution in [0.4, 0.5) is 0 Å². The summed E-state index contributed by atoms with van der Waals surface area (Å²) in [6.07, 6.45) is 0. The van der Waals surface area contributed by atoms with Crippen molar-refractivity contribution < 1.29 is 4.42 Å². The van der Waals surface area contributed by atoms with Gasteiger partial charge in [0.2, 0.25) is 0 Å². The molecule has 0 fully saturated rings. The molecule has 0 bridgehead atoms. The summed E-state index contributed by atoms with van der Waals surface area (Å²) in [4.78, 5) is 0. The van der Waals surface area contributed by atoms with Crippen molar-refractivity contribution in [2.75, 3.05) is 0 Å². The molecule has 12 aromatic rings. The lowest BCUT2D eigenvalue weighted by Gasteiger charge is -2.12. The first-order chi connectivity index (χ1) is 28.2. The maximum atomic E-state index is 6.22. The highest BCUT2D eigenvalue weighted by atomic mass is 16.3. The molecule has 0 unspecified atom stereocenters. The number of para-hydroxylation sites is 3. The fourth-order valence-corrected chi connectivity index (χ4v) is 9.02. The molecule has 3 nitrogen and oxygen atoms in total. The molecule has 0 saturated carbocycles. The first kappa shape index (κ1) is 31.7. The zero-order chi connectivity index (χ0) is 37.5. The van der Waals surface area contributed by atoms with Crippen molar-refractivity contribution in [2.24, 2.45) is 0 Å². The Morgan fingerprint density at radius 3 is 1.53 bits per heavy atom. The molecule has 12 rings (SSSR count). The molecular formula is C54H34N2O. The van der Waals surface area contributed by atoms with E-state index in [1.165, 1.54) is 71.5 Å². The van der Waals surface area contributed by atoms with Crippen LogP contribution in [-0.4, -0.2) is 9.13 Å². The minimum Gasteiger partial charge on any atom is -0.456 e. The highest BCUT2D eigenvalue weighted by Gasteiger charge is 2.18. The van der Waals surface area contributed by atoms with E-state index in [0.717, 1.165) is 38.8 Å². The van der Waals surface area contributed by atoms with Crippen molar-refractivity contribution in [3.63, 3.8) is 0 Å². The predicted molar refractivity (Wildman–Crippen MR) is 239 cm³/mol. The Morgan fingerprint density at radius 1 is 0.246 bits per heavy atom. The Kier molecular flexibility index (Phi) is 6.93. The third-order valence-corrected chi connectivity index (χ3v) is 11.7. The summed E-state index contributed by atoms with van der Waals surface area (Å²) < 4.78 is 11.0. The molecule has 0 aliphatic rings. The van der Waals surface area contributed by atoms with Crippen LogP contribution in [0.2, 0.25) is 0 Å². The molecule has 3 aromatic heterocycles. The Balaban J connectivity index is 0.993. The van der Waals surface area contributed by atoms with E-state index in [1.54, 1.807) is 0 Å². The second kappa shape index (κ2) is 12.5. The van der Waals surface area contributed by atoms with Crippen LogP contribution in [0.3, 0.4) is 0 Å². The van der Waals surface area contributed by atoms with Crippen molar-refractivity contribution >= 4 is 65.6 Å². The van der Waals surface area contributed by atoms with Gasteiger partial charge in [0.05, 0.1) is 22.1 Å². The lowest BCUT2D eigenvalue weighted by Crippen LogP contribution is -1.97. The van der Waals surface area contributed by atoms with Crippen molar-refractivity contribution in [1.29, 1.82) is 0 Å². The van der Waals surface area contributed by atoms with Gasteiger partial charge >= 0.3 is 0 Å². The van der Waals surface area contributed by atoms with E-state index in [4.69, 9.17) is 4.42 Å². The van der Waals surface area contributed by atoms with Crippen LogP contribution in [0.25, 0.3) is 110 Å². The second-order valence-electron chi connectivity index (χ2n) is 14.9. The average Bonchev–Trinajstić information content (AvgIpc) is 3.93. The van der Waals surface area contributed by atoms with Gasteiger partial charge in [0.1, 0.15) is 11.2 Å². The molecular weight excluding hydrogens is 693 g/mol. The highest BCUT2D eigenvalue weighted by Crippen LogP contribution is 2.40. The molecule has 3 heteroatoms. The highest BCUT2D eigenvalue weighted by molar-refractivity contribution is 6.13. The largest absolute Gasteiger partial charge is 0.456 e. The van der Waals surface area contributed by atoms with E-state index < -0.39 is 0 Å². The van der Waals surface area contributed by atoms with Crippen molar-refractivity contribution in [3.8, 4) is 44.8 Å². The SMILES string of the molecule is c1ccc(-c2ccc(-c3cccc(-c4ccc5c(c4)c4ccccc4n5-c4ccc5c6ccccc6n(-c6ccc7oc8ccccc8c7c6)c5c4)c3)cc2)cc1. The maximum absolute atomic E-state index is 6.22. The van der Waals surface area contributed by atoms with Gasteiger partial charge in [-0.3, -0.25) is 0 Å². The van der Waals surface area contributed by atoms with E-state index >= 15 is 0 Å². The quantitative estimate of drug-likeness (QED) is 0.173. The standard InChI is InChI=1S/C54H34N2O/c1-2-11-35(12-3-1)36-21-23-37(24-22-36)38-13-10-14-39(31-38)40-25-29-51-47(32-40)44-16-5-8-19-50(44)55(51)42-26-28-45-43-15-4-7-18-49(43)56(52(45)34-42)41-27-30-54-48(33-41)46-17-6-9-20-53(46)57-54/h1-34H. The third kappa shape index (κ3) is 4.99.